The molecule has 0 atom stereocenters. The quantitative estimate of drug-likeness (QED) is 0.442. The number of carbonyl (C=O) groups is 1. The van der Waals surface area contributed by atoms with Crippen LogP contribution < -0.4 is 9.88 Å². The fraction of sp³-hybridized carbons (Fsp3) is 0.381. The number of imidazole rings is 1. The van der Waals surface area contributed by atoms with Gasteiger partial charge in [-0.2, -0.15) is 0 Å². The van der Waals surface area contributed by atoms with Crippen molar-refractivity contribution in [3.8, 4) is 0 Å². The second-order valence-corrected chi connectivity index (χ2v) is 6.55. The van der Waals surface area contributed by atoms with Crippen molar-refractivity contribution in [2.75, 3.05) is 6.61 Å². The lowest BCUT2D eigenvalue weighted by Crippen LogP contribution is -2.43. The van der Waals surface area contributed by atoms with E-state index in [2.05, 4.69) is 27.9 Å². The Morgan fingerprint density at radius 3 is 2.89 bits per heavy atom. The highest BCUT2D eigenvalue weighted by molar-refractivity contribution is 5.93. The molecular weight excluding hydrogens is 340 g/mol. The predicted octanol–water partition coefficient (Wildman–Crippen LogP) is 3.27. The second kappa shape index (κ2) is 9.83. The zero-order chi connectivity index (χ0) is 18.9. The molecule has 0 aliphatic rings. The van der Waals surface area contributed by atoms with Gasteiger partial charge in [-0.1, -0.05) is 38.3 Å². The number of carbonyl (C=O) groups excluding carboxylic acids is 1. The molecule has 142 valence electrons. The molecule has 6 nitrogen and oxygen atoms in total. The van der Waals surface area contributed by atoms with Crippen LogP contribution in [-0.4, -0.2) is 22.1 Å². The molecule has 27 heavy (non-hydrogen) atoms. The van der Waals surface area contributed by atoms with Crippen LogP contribution in [0, 0.1) is 0 Å². The third kappa shape index (κ3) is 5.14. The van der Waals surface area contributed by atoms with Crippen molar-refractivity contribution in [2.24, 2.45) is 0 Å². The van der Waals surface area contributed by atoms with Crippen LogP contribution in [-0.2, 0) is 18.1 Å². The molecule has 1 amide bonds. The first kappa shape index (κ1) is 19.0. The molecule has 3 rings (SSSR count). The molecule has 0 saturated carbocycles. The smallest absolute Gasteiger partial charge is 0.255 e. The van der Waals surface area contributed by atoms with Crippen LogP contribution in [0.25, 0.3) is 11.0 Å². The summed E-state index contributed by atoms with van der Waals surface area (Å²) in [6, 6.07) is 11.6. The number of rotatable bonds is 10. The summed E-state index contributed by atoms with van der Waals surface area (Å²) in [6.07, 6.45) is 9.99. The molecule has 0 unspecified atom stereocenters. The Labute approximate surface area is 159 Å². The van der Waals surface area contributed by atoms with E-state index < -0.39 is 0 Å². The van der Waals surface area contributed by atoms with E-state index in [0.29, 0.717) is 19.0 Å². The summed E-state index contributed by atoms with van der Waals surface area (Å²) in [7, 11) is 0. The molecule has 1 aromatic carbocycles. The minimum atomic E-state index is -0.139. The first-order valence-electron chi connectivity index (χ1n) is 9.53. The van der Waals surface area contributed by atoms with Gasteiger partial charge in [0.25, 0.3) is 5.91 Å². The van der Waals surface area contributed by atoms with Crippen LogP contribution in [0.1, 0.15) is 43.0 Å². The van der Waals surface area contributed by atoms with Crippen LogP contribution >= 0.6 is 0 Å². The third-order valence-corrected chi connectivity index (χ3v) is 4.49. The number of pyridine rings is 1. The van der Waals surface area contributed by atoms with Gasteiger partial charge in [0.1, 0.15) is 0 Å². The number of nitrogens with zero attached hydrogens (tertiary/aromatic N) is 3. The number of amides is 1. The van der Waals surface area contributed by atoms with Gasteiger partial charge in [-0.15, -0.1) is 0 Å². The summed E-state index contributed by atoms with van der Waals surface area (Å²) in [5.41, 5.74) is 2.69. The highest BCUT2D eigenvalue weighted by atomic mass is 16.5. The predicted molar refractivity (Wildman–Crippen MR) is 104 cm³/mol. The molecule has 0 radical (unpaired) electrons. The van der Waals surface area contributed by atoms with Crippen molar-refractivity contribution in [2.45, 2.75) is 46.0 Å². The van der Waals surface area contributed by atoms with E-state index in [1.807, 2.05) is 29.1 Å². The monoisotopic (exact) mass is 367 g/mol. The largest absolute Gasteiger partial charge is 0.342 e. The number of fused-ring (bicyclic) bond motifs is 1. The Bertz CT molecular complexity index is 861. The minimum absolute atomic E-state index is 0.139. The van der Waals surface area contributed by atoms with E-state index >= 15 is 0 Å². The average molecular weight is 367 g/mol. The lowest BCUT2D eigenvalue weighted by molar-refractivity contribution is -0.675. The van der Waals surface area contributed by atoms with Crippen molar-refractivity contribution in [1.82, 2.24) is 14.9 Å². The fourth-order valence-electron chi connectivity index (χ4n) is 3.02. The minimum Gasteiger partial charge on any atom is -0.342 e. The second-order valence-electron chi connectivity index (χ2n) is 6.55. The molecule has 0 aliphatic heterocycles. The molecular formula is C21H27N4O2+. The Kier molecular flexibility index (Phi) is 6.93. The standard InChI is InChI=1S/C21H26N4O2/c1-2-3-4-7-13-27-17-25-16-24(19-10-5-6-11-20(19)25)15-23-21(26)18-9-8-12-22-14-18/h5-6,8-12,14,16H,2-4,7,13,15,17H2,1H3/p+1. The van der Waals surface area contributed by atoms with Crippen molar-refractivity contribution in [3.63, 3.8) is 0 Å². The number of nitrogens with one attached hydrogen (secondary N) is 1. The van der Waals surface area contributed by atoms with Crippen LogP contribution in [0.15, 0.2) is 55.1 Å². The normalized spacial score (nSPS) is 11.0. The van der Waals surface area contributed by atoms with E-state index in [-0.39, 0.29) is 5.91 Å². The molecule has 6 heteroatoms. The van der Waals surface area contributed by atoms with Gasteiger partial charge in [-0.05, 0) is 30.7 Å². The highest BCUT2D eigenvalue weighted by Gasteiger charge is 2.16. The Balaban J connectivity index is 1.63. The van der Waals surface area contributed by atoms with Crippen LogP contribution in [0.4, 0.5) is 0 Å². The van der Waals surface area contributed by atoms with Crippen LogP contribution in [0.5, 0.6) is 0 Å². The number of para-hydroxylation sites is 2. The summed E-state index contributed by atoms with van der Waals surface area (Å²) in [6.45, 7) is 3.87. The van der Waals surface area contributed by atoms with E-state index in [0.717, 1.165) is 24.1 Å². The fourth-order valence-corrected chi connectivity index (χ4v) is 3.02. The van der Waals surface area contributed by atoms with Gasteiger partial charge in [0.2, 0.25) is 6.33 Å². The maximum Gasteiger partial charge on any atom is 0.255 e. The Morgan fingerprint density at radius 2 is 2.07 bits per heavy atom. The zero-order valence-corrected chi connectivity index (χ0v) is 15.8. The SMILES string of the molecule is CCCCCCOCn1c[n+](CNC(=O)c2cccnc2)c2ccccc21. The zero-order valence-electron chi connectivity index (χ0n) is 15.8. The maximum absolute atomic E-state index is 12.3. The van der Waals surface area contributed by atoms with Crippen molar-refractivity contribution in [1.29, 1.82) is 0 Å². The van der Waals surface area contributed by atoms with Crippen molar-refractivity contribution in [3.05, 3.63) is 60.7 Å². The number of benzene rings is 1. The molecule has 0 bridgehead atoms. The molecule has 1 N–H and O–H groups in total. The lowest BCUT2D eigenvalue weighted by Gasteiger charge is -2.03. The molecule has 3 aromatic rings. The first-order valence-corrected chi connectivity index (χ1v) is 9.53. The summed E-state index contributed by atoms with van der Waals surface area (Å²) in [5.74, 6) is -0.139. The van der Waals surface area contributed by atoms with Gasteiger partial charge >= 0.3 is 0 Å². The van der Waals surface area contributed by atoms with E-state index in [4.69, 9.17) is 4.74 Å². The number of ether oxygens (including phenoxy) is 1. The van der Waals surface area contributed by atoms with Crippen LogP contribution in [0.2, 0.25) is 0 Å². The topological polar surface area (TPSA) is 60.0 Å². The van der Waals surface area contributed by atoms with Crippen molar-refractivity contribution >= 4 is 16.9 Å². The lowest BCUT2D eigenvalue weighted by atomic mass is 10.2. The van der Waals surface area contributed by atoms with E-state index in [1.54, 1.807) is 24.5 Å². The van der Waals surface area contributed by atoms with Gasteiger partial charge in [0, 0.05) is 12.4 Å². The van der Waals surface area contributed by atoms with Crippen LogP contribution in [0.3, 0.4) is 0 Å². The molecule has 0 aliphatic carbocycles. The first-order chi connectivity index (χ1) is 13.3. The molecule has 2 aromatic heterocycles. The molecule has 0 saturated heterocycles. The van der Waals surface area contributed by atoms with E-state index in [1.165, 1.54) is 19.3 Å². The number of hydrogen-bond acceptors (Lipinski definition) is 3. The highest BCUT2D eigenvalue weighted by Crippen LogP contribution is 2.11. The molecule has 0 spiro atoms. The van der Waals surface area contributed by atoms with Gasteiger partial charge in [-0.3, -0.25) is 9.78 Å². The van der Waals surface area contributed by atoms with Crippen molar-refractivity contribution < 1.29 is 14.1 Å². The summed E-state index contributed by atoms with van der Waals surface area (Å²) >= 11 is 0. The number of aromatic nitrogens is 3. The van der Waals surface area contributed by atoms with Gasteiger partial charge in [-0.25, -0.2) is 9.13 Å². The Morgan fingerprint density at radius 1 is 1.19 bits per heavy atom. The molecule has 2 heterocycles. The third-order valence-electron chi connectivity index (χ3n) is 4.49. The number of hydrogen-bond donors (Lipinski definition) is 1. The van der Waals surface area contributed by atoms with Gasteiger partial charge in [0.15, 0.2) is 24.4 Å². The van der Waals surface area contributed by atoms with Gasteiger partial charge < -0.3 is 10.1 Å². The van der Waals surface area contributed by atoms with Gasteiger partial charge in [0.05, 0.1) is 12.2 Å². The number of unbranched alkanes of at least 4 members (excludes halogenated alkanes) is 3. The summed E-state index contributed by atoms with van der Waals surface area (Å²) in [5, 5.41) is 2.94. The summed E-state index contributed by atoms with van der Waals surface area (Å²) in [4.78, 5) is 16.2. The molecule has 0 fully saturated rings. The maximum atomic E-state index is 12.3. The summed E-state index contributed by atoms with van der Waals surface area (Å²) < 4.78 is 9.93. The Hall–Kier alpha value is -2.73. The average Bonchev–Trinajstić information content (AvgIpc) is 3.07. The van der Waals surface area contributed by atoms with E-state index in [9.17, 15) is 4.79 Å².